The molecule has 5 heteroatoms. The van der Waals surface area contributed by atoms with Crippen LogP contribution < -0.4 is 5.32 Å². The molecule has 3 rings (SSSR count). The van der Waals surface area contributed by atoms with E-state index >= 15 is 0 Å². The van der Waals surface area contributed by atoms with Crippen molar-refractivity contribution in [3.8, 4) is 11.3 Å². The highest BCUT2D eigenvalue weighted by molar-refractivity contribution is 5.96. The van der Waals surface area contributed by atoms with E-state index in [1.165, 1.54) is 18.6 Å². The summed E-state index contributed by atoms with van der Waals surface area (Å²) in [6, 6.07) is 6.32. The molecule has 2 N–H and O–H groups in total. The fourth-order valence-corrected chi connectivity index (χ4v) is 3.38. The number of rotatable bonds is 5. The van der Waals surface area contributed by atoms with E-state index in [1.54, 1.807) is 6.07 Å². The molecular weight excluding hydrogens is 305 g/mol. The van der Waals surface area contributed by atoms with Crippen LogP contribution in [0.5, 0.6) is 0 Å². The first-order valence-electron chi connectivity index (χ1n) is 8.83. The highest BCUT2D eigenvalue weighted by Gasteiger charge is 2.24. The number of carbonyl (C=O) groups excluding carboxylic acids is 1. The molecule has 1 aromatic carbocycles. The smallest absolute Gasteiger partial charge is 0.227 e. The maximum absolute atomic E-state index is 13.6. The van der Waals surface area contributed by atoms with Crippen LogP contribution in [-0.2, 0) is 11.2 Å². The molecule has 1 aliphatic carbocycles. The summed E-state index contributed by atoms with van der Waals surface area (Å²) in [6.45, 7) is 2.08. The Morgan fingerprint density at radius 2 is 2.12 bits per heavy atom. The molecule has 0 bridgehead atoms. The second kappa shape index (κ2) is 7.60. The minimum atomic E-state index is -0.308. The number of H-pyrrole nitrogens is 1. The van der Waals surface area contributed by atoms with Crippen molar-refractivity contribution >= 4 is 11.6 Å². The standard InChI is InChI=1S/C19H24FN3O/c1-2-7-16-18(21-19(24)13-8-4-3-5-9-13)17(23-22-16)14-10-6-11-15(20)12-14/h6,10-13H,2-5,7-9H2,1H3,(H,21,24)(H,22,23). The molecule has 0 atom stereocenters. The lowest BCUT2D eigenvalue weighted by molar-refractivity contribution is -0.120. The zero-order chi connectivity index (χ0) is 16.9. The molecule has 0 saturated heterocycles. The van der Waals surface area contributed by atoms with Crippen LogP contribution >= 0.6 is 0 Å². The Morgan fingerprint density at radius 1 is 1.33 bits per heavy atom. The lowest BCUT2D eigenvalue weighted by Gasteiger charge is -2.21. The van der Waals surface area contributed by atoms with Gasteiger partial charge in [0, 0.05) is 11.5 Å². The van der Waals surface area contributed by atoms with Crippen molar-refractivity contribution in [3.05, 3.63) is 35.8 Å². The maximum Gasteiger partial charge on any atom is 0.227 e. The second-order valence-electron chi connectivity index (χ2n) is 6.51. The van der Waals surface area contributed by atoms with Gasteiger partial charge in [0.2, 0.25) is 5.91 Å². The number of aryl methyl sites for hydroxylation is 1. The molecule has 0 spiro atoms. The van der Waals surface area contributed by atoms with Crippen molar-refractivity contribution in [2.24, 2.45) is 5.92 Å². The van der Waals surface area contributed by atoms with E-state index in [0.717, 1.165) is 44.2 Å². The highest BCUT2D eigenvalue weighted by atomic mass is 19.1. The monoisotopic (exact) mass is 329 g/mol. The van der Waals surface area contributed by atoms with Gasteiger partial charge in [-0.05, 0) is 31.4 Å². The van der Waals surface area contributed by atoms with Gasteiger partial charge in [-0.15, -0.1) is 0 Å². The summed E-state index contributed by atoms with van der Waals surface area (Å²) in [7, 11) is 0. The third kappa shape index (κ3) is 3.66. The van der Waals surface area contributed by atoms with Crippen LogP contribution in [0.15, 0.2) is 24.3 Å². The van der Waals surface area contributed by atoms with E-state index in [1.807, 2.05) is 6.07 Å². The van der Waals surface area contributed by atoms with E-state index in [-0.39, 0.29) is 17.6 Å². The summed E-state index contributed by atoms with van der Waals surface area (Å²) >= 11 is 0. The van der Waals surface area contributed by atoms with Crippen molar-refractivity contribution in [3.63, 3.8) is 0 Å². The van der Waals surface area contributed by atoms with E-state index < -0.39 is 0 Å². The molecule has 1 amide bonds. The van der Waals surface area contributed by atoms with Gasteiger partial charge >= 0.3 is 0 Å². The first kappa shape index (κ1) is 16.7. The van der Waals surface area contributed by atoms with Crippen LogP contribution in [0.2, 0.25) is 0 Å². The van der Waals surface area contributed by atoms with Crippen molar-refractivity contribution in [2.45, 2.75) is 51.9 Å². The summed E-state index contributed by atoms with van der Waals surface area (Å²) in [5.41, 5.74) is 2.90. The van der Waals surface area contributed by atoms with Crippen molar-refractivity contribution in [1.82, 2.24) is 10.2 Å². The van der Waals surface area contributed by atoms with Gasteiger partial charge in [-0.1, -0.05) is 44.7 Å². The molecule has 1 fully saturated rings. The average molecular weight is 329 g/mol. The zero-order valence-corrected chi connectivity index (χ0v) is 14.1. The average Bonchev–Trinajstić information content (AvgIpc) is 2.98. The Bertz CT molecular complexity index is 704. The fraction of sp³-hybridized carbons (Fsp3) is 0.474. The topological polar surface area (TPSA) is 57.8 Å². The van der Waals surface area contributed by atoms with E-state index in [4.69, 9.17) is 0 Å². The largest absolute Gasteiger partial charge is 0.322 e. The molecule has 2 aromatic rings. The number of nitrogens with zero attached hydrogens (tertiary/aromatic N) is 1. The Kier molecular flexibility index (Phi) is 5.28. The first-order chi connectivity index (χ1) is 11.7. The van der Waals surface area contributed by atoms with Gasteiger partial charge in [-0.25, -0.2) is 4.39 Å². The molecule has 1 heterocycles. The number of nitrogens with one attached hydrogen (secondary N) is 2. The first-order valence-corrected chi connectivity index (χ1v) is 8.83. The van der Waals surface area contributed by atoms with Crippen LogP contribution in [0.1, 0.15) is 51.1 Å². The number of amides is 1. The van der Waals surface area contributed by atoms with Crippen LogP contribution in [0, 0.1) is 11.7 Å². The van der Waals surface area contributed by atoms with Gasteiger partial charge in [0.25, 0.3) is 0 Å². The van der Waals surface area contributed by atoms with Gasteiger partial charge in [-0.3, -0.25) is 9.89 Å². The lowest BCUT2D eigenvalue weighted by atomic mass is 9.88. The minimum Gasteiger partial charge on any atom is -0.322 e. The molecule has 1 saturated carbocycles. The van der Waals surface area contributed by atoms with Gasteiger partial charge in [-0.2, -0.15) is 5.10 Å². The molecular formula is C19H24FN3O. The SMILES string of the molecule is CCCc1[nH]nc(-c2cccc(F)c2)c1NC(=O)C1CCCCC1. The van der Waals surface area contributed by atoms with E-state index in [9.17, 15) is 9.18 Å². The molecule has 1 aliphatic rings. The molecule has 24 heavy (non-hydrogen) atoms. The quantitative estimate of drug-likeness (QED) is 0.836. The molecule has 1 aromatic heterocycles. The van der Waals surface area contributed by atoms with Crippen LogP contribution in [0.3, 0.4) is 0 Å². The molecule has 0 unspecified atom stereocenters. The van der Waals surface area contributed by atoms with E-state index in [0.29, 0.717) is 16.9 Å². The predicted octanol–water partition coefficient (Wildman–Crippen LogP) is 4.69. The number of aromatic nitrogens is 2. The number of hydrogen-bond donors (Lipinski definition) is 2. The van der Waals surface area contributed by atoms with Crippen LogP contribution in [-0.4, -0.2) is 16.1 Å². The van der Waals surface area contributed by atoms with E-state index in [2.05, 4.69) is 22.4 Å². The number of aromatic amines is 1. The summed E-state index contributed by atoms with van der Waals surface area (Å²) in [5.74, 6) is -0.174. The van der Waals surface area contributed by atoms with Crippen molar-refractivity contribution < 1.29 is 9.18 Å². The molecule has 4 nitrogen and oxygen atoms in total. The number of anilines is 1. The summed E-state index contributed by atoms with van der Waals surface area (Å²) in [4.78, 5) is 12.6. The Hall–Kier alpha value is -2.17. The maximum atomic E-state index is 13.6. The highest BCUT2D eigenvalue weighted by Crippen LogP contribution is 2.32. The van der Waals surface area contributed by atoms with Crippen molar-refractivity contribution in [1.29, 1.82) is 0 Å². The number of halogens is 1. The number of benzene rings is 1. The summed E-state index contributed by atoms with van der Waals surface area (Å²) in [5, 5.41) is 10.4. The Morgan fingerprint density at radius 3 is 2.83 bits per heavy atom. The van der Waals surface area contributed by atoms with Crippen molar-refractivity contribution in [2.75, 3.05) is 5.32 Å². The Balaban J connectivity index is 1.89. The normalized spacial score (nSPS) is 15.4. The number of hydrogen-bond acceptors (Lipinski definition) is 2. The summed E-state index contributed by atoms with van der Waals surface area (Å²) in [6.07, 6.45) is 7.07. The molecule has 0 aliphatic heterocycles. The molecule has 128 valence electrons. The minimum absolute atomic E-state index is 0.0612. The predicted molar refractivity (Wildman–Crippen MR) is 93.2 cm³/mol. The third-order valence-electron chi connectivity index (χ3n) is 4.66. The fourth-order valence-electron chi connectivity index (χ4n) is 3.38. The third-order valence-corrected chi connectivity index (χ3v) is 4.66. The van der Waals surface area contributed by atoms with Gasteiger partial charge in [0.05, 0.1) is 11.4 Å². The van der Waals surface area contributed by atoms with Gasteiger partial charge in [0.15, 0.2) is 0 Å². The summed E-state index contributed by atoms with van der Waals surface area (Å²) < 4.78 is 13.6. The molecule has 0 radical (unpaired) electrons. The van der Waals surface area contributed by atoms with Crippen LogP contribution in [0.25, 0.3) is 11.3 Å². The zero-order valence-electron chi connectivity index (χ0n) is 14.1. The number of carbonyl (C=O) groups is 1. The van der Waals surface area contributed by atoms with Gasteiger partial charge < -0.3 is 5.32 Å². The Labute approximate surface area is 141 Å². The van der Waals surface area contributed by atoms with Crippen LogP contribution in [0.4, 0.5) is 10.1 Å². The second-order valence-corrected chi connectivity index (χ2v) is 6.51. The lowest BCUT2D eigenvalue weighted by Crippen LogP contribution is -2.25. The van der Waals surface area contributed by atoms with Gasteiger partial charge in [0.1, 0.15) is 11.5 Å².